The summed E-state index contributed by atoms with van der Waals surface area (Å²) in [5.74, 6) is -1.41. The average molecular weight is 308 g/mol. The molecule has 0 aromatic heterocycles. The van der Waals surface area contributed by atoms with E-state index in [2.05, 4.69) is 16.0 Å². The first-order valence-electron chi connectivity index (χ1n) is 6.70. The van der Waals surface area contributed by atoms with Gasteiger partial charge in [-0.1, -0.05) is 12.1 Å². The highest BCUT2D eigenvalue weighted by Crippen LogP contribution is 2.11. The van der Waals surface area contributed by atoms with E-state index in [9.17, 15) is 19.5 Å². The lowest BCUT2D eigenvalue weighted by atomic mass is 10.0. The van der Waals surface area contributed by atoms with Crippen LogP contribution >= 0.6 is 0 Å². The second-order valence-corrected chi connectivity index (χ2v) is 4.71. The first kappa shape index (κ1) is 17.4. The molecule has 0 spiro atoms. The molecule has 0 aliphatic rings. The van der Waals surface area contributed by atoms with Crippen molar-refractivity contribution in [3.05, 3.63) is 29.8 Å². The minimum absolute atomic E-state index is 0.0647. The Balaban J connectivity index is 2.75. The Labute approximate surface area is 128 Å². The van der Waals surface area contributed by atoms with E-state index in [1.807, 2.05) is 0 Å². The van der Waals surface area contributed by atoms with Crippen LogP contribution in [0, 0.1) is 0 Å². The van der Waals surface area contributed by atoms with Gasteiger partial charge in [-0.15, -0.1) is 0 Å². The van der Waals surface area contributed by atoms with E-state index in [1.54, 1.807) is 19.2 Å². The zero-order valence-electron chi connectivity index (χ0n) is 12.3. The lowest BCUT2D eigenvalue weighted by molar-refractivity contribution is -0.129. The molecule has 0 bridgehead atoms. The average Bonchev–Trinajstić information content (AvgIpc) is 2.46. The molecule has 1 aromatic carbocycles. The second kappa shape index (κ2) is 8.63. The van der Waals surface area contributed by atoms with Crippen molar-refractivity contribution in [2.75, 3.05) is 20.1 Å². The fourth-order valence-corrected chi connectivity index (χ4v) is 1.78. The lowest BCUT2D eigenvalue weighted by Gasteiger charge is -2.18. The highest BCUT2D eigenvalue weighted by atomic mass is 16.3. The number of likely N-dealkylation sites (N-methyl/N-ethyl adjacent to an activating group) is 1. The second-order valence-electron chi connectivity index (χ2n) is 4.71. The van der Waals surface area contributed by atoms with Crippen molar-refractivity contribution in [1.82, 2.24) is 16.0 Å². The first-order valence-corrected chi connectivity index (χ1v) is 6.70. The number of phenolic OH excluding ortho intramolecular Hbond substituents is 1. The van der Waals surface area contributed by atoms with Gasteiger partial charge < -0.3 is 26.8 Å². The van der Waals surface area contributed by atoms with Gasteiger partial charge in [-0.2, -0.15) is 0 Å². The van der Waals surface area contributed by atoms with Crippen molar-refractivity contribution >= 4 is 17.7 Å². The van der Waals surface area contributed by atoms with Crippen molar-refractivity contribution in [1.29, 1.82) is 0 Å². The Morgan fingerprint density at radius 1 is 1.18 bits per heavy atom. The number of nitrogens with one attached hydrogen (secondary N) is 3. The highest BCUT2D eigenvalue weighted by molar-refractivity contribution is 5.90. The van der Waals surface area contributed by atoms with Gasteiger partial charge in [-0.3, -0.25) is 14.4 Å². The number of hydrogen-bond acceptors (Lipinski definition) is 5. The van der Waals surface area contributed by atoms with Gasteiger partial charge in [-0.05, 0) is 24.7 Å². The number of benzene rings is 1. The van der Waals surface area contributed by atoms with Gasteiger partial charge in [0.15, 0.2) is 0 Å². The van der Waals surface area contributed by atoms with Crippen molar-refractivity contribution in [3.63, 3.8) is 0 Å². The summed E-state index contributed by atoms with van der Waals surface area (Å²) in [4.78, 5) is 34.4. The third kappa shape index (κ3) is 6.23. The maximum absolute atomic E-state index is 12.1. The molecule has 3 amide bonds. The zero-order valence-corrected chi connectivity index (χ0v) is 12.3. The number of primary amides is 1. The quantitative estimate of drug-likeness (QED) is 0.388. The van der Waals surface area contributed by atoms with Gasteiger partial charge in [-0.25, -0.2) is 0 Å². The summed E-state index contributed by atoms with van der Waals surface area (Å²) in [7, 11) is 1.61. The smallest absolute Gasteiger partial charge is 0.243 e. The van der Waals surface area contributed by atoms with Gasteiger partial charge in [0, 0.05) is 6.42 Å². The van der Waals surface area contributed by atoms with E-state index >= 15 is 0 Å². The third-order valence-corrected chi connectivity index (χ3v) is 2.80. The van der Waals surface area contributed by atoms with Crippen LogP contribution in [0.2, 0.25) is 0 Å². The summed E-state index contributed by atoms with van der Waals surface area (Å²) < 4.78 is 0. The number of amides is 3. The minimum atomic E-state index is -0.843. The minimum Gasteiger partial charge on any atom is -0.508 e. The number of phenols is 1. The molecular formula is C14H20N4O4. The van der Waals surface area contributed by atoms with Crippen molar-refractivity contribution < 1.29 is 19.5 Å². The molecule has 22 heavy (non-hydrogen) atoms. The summed E-state index contributed by atoms with van der Waals surface area (Å²) >= 11 is 0. The van der Waals surface area contributed by atoms with Crippen LogP contribution in [0.5, 0.6) is 5.75 Å². The van der Waals surface area contributed by atoms with Crippen molar-refractivity contribution in [3.8, 4) is 5.75 Å². The van der Waals surface area contributed by atoms with E-state index < -0.39 is 17.9 Å². The molecule has 120 valence electrons. The topological polar surface area (TPSA) is 134 Å². The van der Waals surface area contributed by atoms with Crippen molar-refractivity contribution in [2.45, 2.75) is 12.5 Å². The van der Waals surface area contributed by atoms with E-state index in [4.69, 9.17) is 5.73 Å². The Hall–Kier alpha value is -2.61. The van der Waals surface area contributed by atoms with Crippen LogP contribution in [0.4, 0.5) is 0 Å². The van der Waals surface area contributed by atoms with E-state index in [0.717, 1.165) is 5.56 Å². The Kier molecular flexibility index (Phi) is 6.84. The molecule has 6 N–H and O–H groups in total. The molecule has 0 radical (unpaired) electrons. The Morgan fingerprint density at radius 2 is 1.82 bits per heavy atom. The van der Waals surface area contributed by atoms with Crippen LogP contribution in [-0.2, 0) is 20.8 Å². The summed E-state index contributed by atoms with van der Waals surface area (Å²) in [5.41, 5.74) is 5.73. The van der Waals surface area contributed by atoms with Gasteiger partial charge in [0.05, 0.1) is 13.1 Å². The molecular weight excluding hydrogens is 288 g/mol. The fourth-order valence-electron chi connectivity index (χ4n) is 1.78. The Bertz CT molecular complexity index is 530. The van der Waals surface area contributed by atoms with Gasteiger partial charge in [0.1, 0.15) is 11.8 Å². The summed E-state index contributed by atoms with van der Waals surface area (Å²) in [6.07, 6.45) is 0.223. The van der Waals surface area contributed by atoms with Crippen LogP contribution in [0.25, 0.3) is 0 Å². The molecule has 0 heterocycles. The number of hydrogen-bond donors (Lipinski definition) is 5. The molecule has 0 unspecified atom stereocenters. The van der Waals surface area contributed by atoms with E-state index in [0.29, 0.717) is 0 Å². The molecule has 0 aliphatic heterocycles. The van der Waals surface area contributed by atoms with Gasteiger partial charge >= 0.3 is 0 Å². The molecule has 0 saturated heterocycles. The highest BCUT2D eigenvalue weighted by Gasteiger charge is 2.21. The van der Waals surface area contributed by atoms with Crippen LogP contribution in [0.3, 0.4) is 0 Å². The van der Waals surface area contributed by atoms with Crippen LogP contribution in [0.1, 0.15) is 5.56 Å². The maximum atomic E-state index is 12.1. The molecule has 0 saturated carbocycles. The predicted molar refractivity (Wildman–Crippen MR) is 79.9 cm³/mol. The van der Waals surface area contributed by atoms with Crippen LogP contribution < -0.4 is 21.7 Å². The van der Waals surface area contributed by atoms with Gasteiger partial charge in [0.2, 0.25) is 17.7 Å². The fraction of sp³-hybridized carbons (Fsp3) is 0.357. The zero-order chi connectivity index (χ0) is 16.5. The molecule has 1 atom stereocenters. The number of aromatic hydroxyl groups is 1. The van der Waals surface area contributed by atoms with Crippen LogP contribution in [-0.4, -0.2) is 49.0 Å². The predicted octanol–water partition coefficient (Wildman–Crippen LogP) is -1.76. The standard InChI is InChI=1S/C14H20N4O4/c1-16-8-13(21)18-11(14(22)17-7-12(15)20)6-9-2-4-10(19)5-3-9/h2-5,11,16,19H,6-8H2,1H3,(H2,15,20)(H,17,22)(H,18,21)/t11-/m0/s1. The van der Waals surface area contributed by atoms with E-state index in [-0.39, 0.29) is 31.2 Å². The summed E-state index contributed by atoms with van der Waals surface area (Å²) in [6.45, 7) is -0.234. The molecule has 8 heteroatoms. The molecule has 0 aliphatic carbocycles. The lowest BCUT2D eigenvalue weighted by Crippen LogP contribution is -2.51. The third-order valence-electron chi connectivity index (χ3n) is 2.80. The summed E-state index contributed by atoms with van der Waals surface area (Å²) in [6, 6.07) is 5.43. The monoisotopic (exact) mass is 308 g/mol. The number of carbonyl (C=O) groups is 3. The molecule has 1 rings (SSSR count). The Morgan fingerprint density at radius 3 is 2.36 bits per heavy atom. The van der Waals surface area contributed by atoms with Crippen molar-refractivity contribution in [2.24, 2.45) is 5.73 Å². The van der Waals surface area contributed by atoms with Gasteiger partial charge in [0.25, 0.3) is 0 Å². The largest absolute Gasteiger partial charge is 0.508 e. The SMILES string of the molecule is CNCC(=O)N[C@@H](Cc1ccc(O)cc1)C(=O)NCC(N)=O. The first-order chi connectivity index (χ1) is 10.4. The number of rotatable bonds is 8. The normalized spacial score (nSPS) is 11.5. The number of nitrogens with two attached hydrogens (primary N) is 1. The van der Waals surface area contributed by atoms with Crippen LogP contribution in [0.15, 0.2) is 24.3 Å². The van der Waals surface area contributed by atoms with E-state index in [1.165, 1.54) is 12.1 Å². The maximum Gasteiger partial charge on any atom is 0.243 e. The molecule has 8 nitrogen and oxygen atoms in total. The molecule has 0 fully saturated rings. The number of carbonyl (C=O) groups excluding carboxylic acids is 3. The molecule has 1 aromatic rings. The summed E-state index contributed by atoms with van der Waals surface area (Å²) in [5, 5.41) is 16.9.